The molecule has 3 heteroatoms. The Bertz CT molecular complexity index is 1790. The van der Waals surface area contributed by atoms with Crippen LogP contribution in [0.2, 0.25) is 0 Å². The van der Waals surface area contributed by atoms with Crippen molar-refractivity contribution in [3.63, 3.8) is 0 Å². The molecule has 3 unspecified atom stereocenters. The maximum Gasteiger partial charge on any atom is 0.136 e. The summed E-state index contributed by atoms with van der Waals surface area (Å²) in [7, 11) is 9.03. The zero-order chi connectivity index (χ0) is 33.0. The minimum Gasteiger partial charge on any atom is -0.347 e. The smallest absolute Gasteiger partial charge is 0.136 e. The predicted octanol–water partition coefficient (Wildman–Crippen LogP) is 11.1. The van der Waals surface area contributed by atoms with Crippen LogP contribution in [0.25, 0.3) is 10.8 Å². The molecular formula is C43H52ClN2+. The highest BCUT2D eigenvalue weighted by Gasteiger charge is 2.45. The molecule has 0 N–H and O–H groups in total. The van der Waals surface area contributed by atoms with Crippen molar-refractivity contribution in [3.8, 4) is 0 Å². The van der Waals surface area contributed by atoms with Crippen LogP contribution in [0.5, 0.6) is 0 Å². The molecule has 0 fully saturated rings. The van der Waals surface area contributed by atoms with Gasteiger partial charge in [0.1, 0.15) is 5.69 Å². The van der Waals surface area contributed by atoms with Gasteiger partial charge in [-0.1, -0.05) is 119 Å². The van der Waals surface area contributed by atoms with E-state index < -0.39 is 0 Å². The Labute approximate surface area is 283 Å². The highest BCUT2D eigenvalue weighted by atomic mass is 35.5. The first kappa shape index (κ1) is 32.6. The maximum atomic E-state index is 7.21. The molecule has 3 atom stereocenters. The molecule has 0 saturated carbocycles. The van der Waals surface area contributed by atoms with Gasteiger partial charge in [-0.05, 0) is 70.9 Å². The van der Waals surface area contributed by atoms with Crippen LogP contribution >= 0.6 is 11.6 Å². The molecule has 240 valence electrons. The number of hydrogen-bond donors (Lipinski definition) is 0. The Balaban J connectivity index is 1.29. The fraction of sp³-hybridized carbons (Fsp3) is 0.395. The average molecular weight is 632 g/mol. The fourth-order valence-corrected chi connectivity index (χ4v) is 8.52. The number of nitrogens with zero attached hydrogens (tertiary/aromatic N) is 2. The fourth-order valence-electron chi connectivity index (χ4n) is 8.21. The number of benzene rings is 2. The van der Waals surface area contributed by atoms with E-state index in [1.54, 1.807) is 0 Å². The lowest BCUT2D eigenvalue weighted by Gasteiger charge is -2.37. The van der Waals surface area contributed by atoms with E-state index in [2.05, 4.69) is 165 Å². The molecule has 46 heavy (non-hydrogen) atoms. The molecule has 2 nitrogen and oxygen atoms in total. The molecule has 6 rings (SSSR count). The summed E-state index contributed by atoms with van der Waals surface area (Å²) in [5.41, 5.74) is 9.39. The topological polar surface area (TPSA) is 3.24 Å². The SMILES string of the molecule is CC(/C=C/C1=C(Cl)C(=C/C=C2/N(C)C3=C(C4C=CC=CC4C=C3)C2(C)C)/CCC1)C(C)(C)c1c([N+](C)(C)C)ccc2ccccc12. The molecule has 0 aromatic heterocycles. The Hall–Kier alpha value is -3.33. The number of allylic oxidation sites excluding steroid dienone is 14. The van der Waals surface area contributed by atoms with E-state index in [0.29, 0.717) is 17.8 Å². The highest BCUT2D eigenvalue weighted by molar-refractivity contribution is 6.32. The number of fused-ring (bicyclic) bond motifs is 3. The van der Waals surface area contributed by atoms with Crippen LogP contribution in [0, 0.1) is 23.2 Å². The third-order valence-electron chi connectivity index (χ3n) is 11.2. The van der Waals surface area contributed by atoms with Crippen LogP contribution in [0.3, 0.4) is 0 Å². The quantitative estimate of drug-likeness (QED) is 0.287. The monoisotopic (exact) mass is 631 g/mol. The normalized spacial score (nSPS) is 25.4. The van der Waals surface area contributed by atoms with E-state index in [1.165, 1.54) is 50.1 Å². The zero-order valence-corrected chi connectivity index (χ0v) is 30.1. The van der Waals surface area contributed by atoms with Gasteiger partial charge in [-0.3, -0.25) is 4.48 Å². The van der Waals surface area contributed by atoms with Crippen molar-refractivity contribution in [2.75, 3.05) is 28.2 Å². The van der Waals surface area contributed by atoms with Crippen LogP contribution in [0.1, 0.15) is 59.4 Å². The first-order valence-corrected chi connectivity index (χ1v) is 17.4. The lowest BCUT2D eigenvalue weighted by atomic mass is 9.69. The van der Waals surface area contributed by atoms with E-state index >= 15 is 0 Å². The van der Waals surface area contributed by atoms with E-state index in [1.807, 2.05) is 0 Å². The van der Waals surface area contributed by atoms with Gasteiger partial charge in [0.05, 0.1) is 21.1 Å². The van der Waals surface area contributed by atoms with Crippen LogP contribution in [0.15, 0.2) is 130 Å². The van der Waals surface area contributed by atoms with Gasteiger partial charge < -0.3 is 4.90 Å². The number of likely N-dealkylation sites (N-methyl/N-ethyl adjacent to an activating group) is 1. The van der Waals surface area contributed by atoms with Gasteiger partial charge in [0, 0.05) is 57.8 Å². The number of hydrogen-bond acceptors (Lipinski definition) is 1. The van der Waals surface area contributed by atoms with Crippen molar-refractivity contribution >= 4 is 28.1 Å². The summed E-state index contributed by atoms with van der Waals surface area (Å²) in [5, 5.41) is 3.58. The Morgan fingerprint density at radius 3 is 2.48 bits per heavy atom. The molecule has 1 heterocycles. The molecule has 0 bridgehead atoms. The second kappa shape index (κ2) is 12.0. The van der Waals surface area contributed by atoms with Crippen molar-refractivity contribution in [3.05, 3.63) is 136 Å². The summed E-state index contributed by atoms with van der Waals surface area (Å²) in [6, 6.07) is 13.4. The highest BCUT2D eigenvalue weighted by Crippen LogP contribution is 2.54. The largest absolute Gasteiger partial charge is 0.347 e. The molecule has 4 aliphatic rings. The zero-order valence-electron chi connectivity index (χ0n) is 29.4. The molecule has 1 aliphatic heterocycles. The van der Waals surface area contributed by atoms with Crippen LogP contribution in [0.4, 0.5) is 5.69 Å². The molecule has 3 aliphatic carbocycles. The Morgan fingerprint density at radius 1 is 0.978 bits per heavy atom. The van der Waals surface area contributed by atoms with Gasteiger partial charge >= 0.3 is 0 Å². The van der Waals surface area contributed by atoms with Gasteiger partial charge in [-0.15, -0.1) is 0 Å². The summed E-state index contributed by atoms with van der Waals surface area (Å²) in [4.78, 5) is 2.40. The van der Waals surface area contributed by atoms with Crippen LogP contribution in [-0.2, 0) is 5.41 Å². The molecule has 0 radical (unpaired) electrons. The van der Waals surface area contributed by atoms with E-state index in [4.69, 9.17) is 11.6 Å². The lowest BCUT2D eigenvalue weighted by Crippen LogP contribution is -2.39. The van der Waals surface area contributed by atoms with Crippen molar-refractivity contribution in [2.45, 2.75) is 59.3 Å². The van der Waals surface area contributed by atoms with Gasteiger partial charge in [0.15, 0.2) is 0 Å². The van der Waals surface area contributed by atoms with Crippen molar-refractivity contribution in [2.24, 2.45) is 23.2 Å². The molecule has 0 amide bonds. The molecule has 0 saturated heterocycles. The summed E-state index contributed by atoms with van der Waals surface area (Å²) in [6.07, 6.45) is 26.3. The first-order valence-electron chi connectivity index (χ1n) is 17.1. The van der Waals surface area contributed by atoms with Crippen LogP contribution < -0.4 is 4.48 Å². The lowest BCUT2D eigenvalue weighted by molar-refractivity contribution is 0.395. The number of rotatable bonds is 6. The second-order valence-electron chi connectivity index (χ2n) is 15.7. The molecule has 2 aromatic carbocycles. The summed E-state index contributed by atoms with van der Waals surface area (Å²) < 4.78 is 0.788. The summed E-state index contributed by atoms with van der Waals surface area (Å²) in [6.45, 7) is 11.9. The van der Waals surface area contributed by atoms with Gasteiger partial charge in [-0.2, -0.15) is 0 Å². The predicted molar refractivity (Wildman–Crippen MR) is 201 cm³/mol. The van der Waals surface area contributed by atoms with E-state index in [0.717, 1.165) is 28.8 Å². The van der Waals surface area contributed by atoms with E-state index in [9.17, 15) is 0 Å². The minimum atomic E-state index is -0.0788. The van der Waals surface area contributed by atoms with Crippen LogP contribution in [-0.4, -0.2) is 33.1 Å². The third kappa shape index (κ3) is 5.62. The summed E-state index contributed by atoms with van der Waals surface area (Å²) >= 11 is 7.21. The summed E-state index contributed by atoms with van der Waals surface area (Å²) in [5.74, 6) is 1.18. The number of halogens is 1. The average Bonchev–Trinajstić information content (AvgIpc) is 3.22. The minimum absolute atomic E-state index is 0.0504. The van der Waals surface area contributed by atoms with Gasteiger partial charge in [0.2, 0.25) is 0 Å². The van der Waals surface area contributed by atoms with Crippen molar-refractivity contribution in [1.82, 2.24) is 9.38 Å². The Kier molecular flexibility index (Phi) is 8.53. The van der Waals surface area contributed by atoms with Gasteiger partial charge in [0.25, 0.3) is 0 Å². The van der Waals surface area contributed by atoms with E-state index in [-0.39, 0.29) is 10.8 Å². The molecular weight excluding hydrogens is 580 g/mol. The first-order chi connectivity index (χ1) is 21.7. The van der Waals surface area contributed by atoms with Crippen molar-refractivity contribution < 1.29 is 0 Å². The maximum absolute atomic E-state index is 7.21. The molecule has 2 aromatic rings. The third-order valence-corrected chi connectivity index (χ3v) is 11.7. The standard InChI is InChI=1S/C43H52ClN2/c1-29(42(2,3)40-35-20-13-11-16-31(35)24-27-37(40)46(7,8)9)21-22-32-17-14-18-33(41(32)44)25-28-38-43(4,5)39-34-19-12-10-15-30(34)23-26-36(39)45(38)6/h10-13,15-16,19-30,34H,14,17-18H2,1-9H3/q+1/b22-21+,33-25+,38-28+. The number of quaternary nitrogens is 1. The van der Waals surface area contributed by atoms with Gasteiger partial charge in [-0.25, -0.2) is 0 Å². The Morgan fingerprint density at radius 2 is 1.72 bits per heavy atom. The second-order valence-corrected chi connectivity index (χ2v) is 16.1. The van der Waals surface area contributed by atoms with Crippen molar-refractivity contribution in [1.29, 1.82) is 0 Å². The molecule has 0 spiro atoms.